The highest BCUT2D eigenvalue weighted by molar-refractivity contribution is 8.16. The molecule has 0 saturated heterocycles. The lowest BCUT2D eigenvalue weighted by molar-refractivity contribution is -0.384. The monoisotopic (exact) mass is 528 g/mol. The van der Waals surface area contributed by atoms with E-state index in [4.69, 9.17) is 9.47 Å². The van der Waals surface area contributed by atoms with E-state index in [1.54, 1.807) is 49.5 Å². The highest BCUT2D eigenvalue weighted by Gasteiger charge is 2.41. The number of nitrogens with one attached hydrogen (secondary N) is 1. The van der Waals surface area contributed by atoms with E-state index in [2.05, 4.69) is 5.32 Å². The highest BCUT2D eigenvalue weighted by atomic mass is 32.2. The lowest BCUT2D eigenvalue weighted by Gasteiger charge is -2.33. The molecule has 0 amide bonds. The summed E-state index contributed by atoms with van der Waals surface area (Å²) in [5.74, 6) is -1.43. The van der Waals surface area contributed by atoms with Crippen molar-refractivity contribution in [1.29, 1.82) is 0 Å². The molecule has 36 heavy (non-hydrogen) atoms. The fourth-order valence-corrected chi connectivity index (χ4v) is 6.08. The Morgan fingerprint density at radius 1 is 1.11 bits per heavy atom. The van der Waals surface area contributed by atoms with E-state index in [9.17, 15) is 19.7 Å². The van der Waals surface area contributed by atoms with Gasteiger partial charge in [0.1, 0.15) is 0 Å². The Labute approximate surface area is 218 Å². The number of nitrogens with zero attached hydrogens (tertiary/aromatic N) is 1. The summed E-state index contributed by atoms with van der Waals surface area (Å²) in [6.07, 6.45) is 1.94. The zero-order valence-corrected chi connectivity index (χ0v) is 22.1. The fourth-order valence-electron chi connectivity index (χ4n) is 4.02. The number of thioether (sulfide) groups is 2. The molecule has 190 valence electrons. The molecule has 1 aliphatic heterocycles. The van der Waals surface area contributed by atoms with Crippen LogP contribution in [0.4, 0.5) is 5.69 Å². The second-order valence-electron chi connectivity index (χ2n) is 7.85. The molecule has 3 rings (SSSR count). The van der Waals surface area contributed by atoms with E-state index >= 15 is 0 Å². The van der Waals surface area contributed by atoms with Crippen molar-refractivity contribution < 1.29 is 24.0 Å². The van der Waals surface area contributed by atoms with E-state index < -0.39 is 22.8 Å². The van der Waals surface area contributed by atoms with Crippen LogP contribution in [-0.4, -0.2) is 41.4 Å². The maximum Gasteiger partial charge on any atom is 0.336 e. The van der Waals surface area contributed by atoms with Crippen molar-refractivity contribution in [3.05, 3.63) is 98.4 Å². The first-order valence-electron chi connectivity index (χ1n) is 11.2. The van der Waals surface area contributed by atoms with Crippen LogP contribution in [0.25, 0.3) is 0 Å². The number of rotatable bonds is 10. The summed E-state index contributed by atoms with van der Waals surface area (Å²) in [5, 5.41) is 14.8. The smallest absolute Gasteiger partial charge is 0.336 e. The van der Waals surface area contributed by atoms with E-state index in [1.165, 1.54) is 19.2 Å². The third kappa shape index (κ3) is 6.11. The predicted octanol–water partition coefficient (Wildman–Crippen LogP) is 5.17. The Kier molecular flexibility index (Phi) is 9.60. The second-order valence-corrected chi connectivity index (χ2v) is 10.2. The highest BCUT2D eigenvalue weighted by Crippen LogP contribution is 2.44. The minimum Gasteiger partial charge on any atom is -0.466 e. The van der Waals surface area contributed by atoms with Gasteiger partial charge in [-0.25, -0.2) is 9.59 Å². The van der Waals surface area contributed by atoms with Crippen molar-refractivity contribution in [2.24, 2.45) is 0 Å². The predicted molar refractivity (Wildman–Crippen MR) is 142 cm³/mol. The molecule has 1 heterocycles. The molecule has 1 aliphatic rings. The average Bonchev–Trinajstić information content (AvgIpc) is 2.89. The van der Waals surface area contributed by atoms with Gasteiger partial charge in [0.15, 0.2) is 0 Å². The minimum atomic E-state index is -0.903. The van der Waals surface area contributed by atoms with E-state index in [0.29, 0.717) is 22.7 Å². The van der Waals surface area contributed by atoms with Gasteiger partial charge in [-0.1, -0.05) is 42.5 Å². The normalized spacial score (nSPS) is 16.3. The Bertz CT molecular complexity index is 1200. The molecule has 2 aromatic rings. The number of esters is 2. The largest absolute Gasteiger partial charge is 0.466 e. The van der Waals surface area contributed by atoms with Crippen molar-refractivity contribution in [1.82, 2.24) is 5.32 Å². The third-order valence-electron chi connectivity index (χ3n) is 5.60. The number of nitro benzene ring substituents is 1. The summed E-state index contributed by atoms with van der Waals surface area (Å²) in [5.41, 5.74) is 2.98. The van der Waals surface area contributed by atoms with Gasteiger partial charge in [0.25, 0.3) is 5.69 Å². The SMILES string of the molecule is CCOC(=O)C1=C(C(SC)SCc2ccccc2)NC(C)=C(C(=O)OC)C1c1cccc([N+](=O)[O-])c1. The fraction of sp³-hybridized carbons (Fsp3) is 0.308. The lowest BCUT2D eigenvalue weighted by Crippen LogP contribution is -2.36. The summed E-state index contributed by atoms with van der Waals surface area (Å²) < 4.78 is 10.3. The van der Waals surface area contributed by atoms with Gasteiger partial charge in [-0.3, -0.25) is 10.1 Å². The van der Waals surface area contributed by atoms with Gasteiger partial charge in [-0.05, 0) is 31.2 Å². The Morgan fingerprint density at radius 3 is 2.44 bits per heavy atom. The molecular formula is C26H28N2O6S2. The molecule has 10 heteroatoms. The van der Waals surface area contributed by atoms with Gasteiger partial charge < -0.3 is 14.8 Å². The number of nitro groups is 1. The zero-order chi connectivity index (χ0) is 26.2. The molecule has 0 fully saturated rings. The van der Waals surface area contributed by atoms with Gasteiger partial charge in [0, 0.05) is 29.3 Å². The first-order chi connectivity index (χ1) is 17.3. The van der Waals surface area contributed by atoms with Crippen LogP contribution in [0.15, 0.2) is 77.1 Å². The van der Waals surface area contributed by atoms with Crippen LogP contribution >= 0.6 is 23.5 Å². The molecule has 0 bridgehead atoms. The Balaban J connectivity index is 2.19. The number of carbonyl (C=O) groups excluding carboxylic acids is 2. The number of benzene rings is 2. The summed E-state index contributed by atoms with van der Waals surface area (Å²) in [7, 11) is 1.26. The van der Waals surface area contributed by atoms with Crippen LogP contribution < -0.4 is 5.32 Å². The summed E-state index contributed by atoms with van der Waals surface area (Å²) in [4.78, 5) is 37.3. The maximum absolute atomic E-state index is 13.4. The van der Waals surface area contributed by atoms with Crippen LogP contribution in [0, 0.1) is 10.1 Å². The number of non-ortho nitro benzene ring substituents is 1. The van der Waals surface area contributed by atoms with Crippen molar-refractivity contribution in [3.63, 3.8) is 0 Å². The van der Waals surface area contributed by atoms with Gasteiger partial charge >= 0.3 is 11.9 Å². The van der Waals surface area contributed by atoms with Crippen molar-refractivity contribution in [2.75, 3.05) is 20.0 Å². The van der Waals surface area contributed by atoms with Crippen molar-refractivity contribution in [3.8, 4) is 0 Å². The molecule has 2 unspecified atom stereocenters. The number of carbonyl (C=O) groups is 2. The average molecular weight is 529 g/mol. The number of hydrogen-bond acceptors (Lipinski definition) is 9. The topological polar surface area (TPSA) is 108 Å². The molecule has 8 nitrogen and oxygen atoms in total. The minimum absolute atomic E-state index is 0.134. The van der Waals surface area contributed by atoms with E-state index in [1.807, 2.05) is 36.6 Å². The number of methoxy groups -OCH3 is 1. The van der Waals surface area contributed by atoms with Crippen LogP contribution in [0.1, 0.15) is 30.9 Å². The van der Waals surface area contributed by atoms with Gasteiger partial charge in [0.2, 0.25) is 0 Å². The molecule has 0 spiro atoms. The molecular weight excluding hydrogens is 500 g/mol. The maximum atomic E-state index is 13.4. The molecule has 0 aliphatic carbocycles. The van der Waals surface area contributed by atoms with Gasteiger partial charge in [0.05, 0.1) is 40.3 Å². The van der Waals surface area contributed by atoms with Crippen molar-refractivity contribution >= 4 is 41.1 Å². The Hall–Kier alpha value is -3.24. The van der Waals surface area contributed by atoms with Crippen LogP contribution in [0.5, 0.6) is 0 Å². The van der Waals surface area contributed by atoms with Crippen LogP contribution in [0.2, 0.25) is 0 Å². The zero-order valence-electron chi connectivity index (χ0n) is 20.5. The summed E-state index contributed by atoms with van der Waals surface area (Å²) in [6.45, 7) is 3.57. The van der Waals surface area contributed by atoms with E-state index in [0.717, 1.165) is 5.56 Å². The second kappa shape index (κ2) is 12.6. The number of hydrogen-bond donors (Lipinski definition) is 1. The molecule has 0 saturated carbocycles. The van der Waals surface area contributed by atoms with Gasteiger partial charge in [-0.15, -0.1) is 23.5 Å². The van der Waals surface area contributed by atoms with E-state index in [-0.39, 0.29) is 28.0 Å². The molecule has 0 radical (unpaired) electrons. The Morgan fingerprint density at radius 2 is 1.83 bits per heavy atom. The number of dihydropyridines is 1. The standard InChI is InChI=1S/C26H28N2O6S2/c1-5-34-25(30)22-21(18-12-9-13-19(14-18)28(31)32)20(24(29)33-3)16(2)27-23(22)26(35-4)36-15-17-10-7-6-8-11-17/h6-14,21,26-27H,5,15H2,1-4H3. The molecule has 0 aromatic heterocycles. The van der Waals surface area contributed by atoms with Gasteiger partial charge in [-0.2, -0.15) is 0 Å². The van der Waals surface area contributed by atoms with Crippen LogP contribution in [-0.2, 0) is 24.8 Å². The summed E-state index contributed by atoms with van der Waals surface area (Å²) in [6, 6.07) is 15.9. The first kappa shape index (κ1) is 27.3. The quantitative estimate of drug-likeness (QED) is 0.193. The molecule has 2 aromatic carbocycles. The first-order valence-corrected chi connectivity index (χ1v) is 13.6. The third-order valence-corrected chi connectivity index (χ3v) is 8.29. The molecule has 1 N–H and O–H groups in total. The lowest BCUT2D eigenvalue weighted by atomic mass is 9.80. The number of allylic oxidation sites excluding steroid dienone is 1. The number of ether oxygens (including phenoxy) is 2. The van der Waals surface area contributed by atoms with Crippen molar-refractivity contribution in [2.45, 2.75) is 30.1 Å². The molecule has 2 atom stereocenters. The van der Waals surface area contributed by atoms with Crippen LogP contribution in [0.3, 0.4) is 0 Å². The summed E-state index contributed by atoms with van der Waals surface area (Å²) >= 11 is 3.18.